The summed E-state index contributed by atoms with van der Waals surface area (Å²) in [6.07, 6.45) is 6.90. The molecule has 0 bridgehead atoms. The molecule has 3 aromatic carbocycles. The van der Waals surface area contributed by atoms with Gasteiger partial charge < -0.3 is 14.9 Å². The Morgan fingerprint density at radius 1 is 0.909 bits per heavy atom. The second kappa shape index (κ2) is 10.5. The van der Waals surface area contributed by atoms with Crippen LogP contribution in [0.3, 0.4) is 0 Å². The number of benzene rings is 3. The Labute approximate surface area is 192 Å². The summed E-state index contributed by atoms with van der Waals surface area (Å²) in [6.45, 7) is 0.680. The molecule has 0 aliphatic rings. The number of hydrogen-bond donors (Lipinski definition) is 1. The maximum absolute atomic E-state index is 12.3. The third kappa shape index (κ3) is 5.77. The molecule has 0 unspecified atom stereocenters. The summed E-state index contributed by atoms with van der Waals surface area (Å²) in [5.74, 6) is -0.101. The van der Waals surface area contributed by atoms with Crippen LogP contribution in [-0.4, -0.2) is 12.5 Å². The van der Waals surface area contributed by atoms with Crippen LogP contribution >= 0.6 is 0 Å². The second-order valence-electron chi connectivity index (χ2n) is 7.76. The van der Waals surface area contributed by atoms with Gasteiger partial charge in [0.15, 0.2) is 11.2 Å². The van der Waals surface area contributed by atoms with E-state index >= 15 is 0 Å². The molecular formula is C28H25NO4. The van der Waals surface area contributed by atoms with Crippen molar-refractivity contribution in [1.82, 2.24) is 0 Å². The molecule has 1 aromatic heterocycles. The van der Waals surface area contributed by atoms with E-state index in [9.17, 15) is 9.59 Å². The van der Waals surface area contributed by atoms with Crippen LogP contribution in [0.5, 0.6) is 5.75 Å². The van der Waals surface area contributed by atoms with E-state index in [1.807, 2.05) is 48.6 Å². The van der Waals surface area contributed by atoms with E-state index in [0.717, 1.165) is 36.6 Å². The summed E-state index contributed by atoms with van der Waals surface area (Å²) >= 11 is 0. The number of unbranched alkanes of at least 4 members (excludes halogenated alkanes) is 1. The van der Waals surface area contributed by atoms with Crippen LogP contribution in [0.15, 0.2) is 88.1 Å². The van der Waals surface area contributed by atoms with Gasteiger partial charge in [-0.25, -0.2) is 0 Å². The van der Waals surface area contributed by atoms with Gasteiger partial charge in [-0.1, -0.05) is 66.7 Å². The molecule has 0 atom stereocenters. The Morgan fingerprint density at radius 3 is 2.45 bits per heavy atom. The lowest BCUT2D eigenvalue weighted by Crippen LogP contribution is -2.14. The van der Waals surface area contributed by atoms with E-state index in [1.165, 1.54) is 5.56 Å². The smallest absolute Gasteiger partial charge is 0.284 e. The summed E-state index contributed by atoms with van der Waals surface area (Å²) in [4.78, 5) is 23.7. The van der Waals surface area contributed by atoms with Crippen LogP contribution in [0.1, 0.15) is 40.1 Å². The molecule has 0 saturated heterocycles. The van der Waals surface area contributed by atoms with E-state index in [2.05, 4.69) is 24.3 Å². The van der Waals surface area contributed by atoms with Crippen LogP contribution in [0, 0.1) is 0 Å². The fraction of sp³-hybridized carbons (Fsp3) is 0.143. The van der Waals surface area contributed by atoms with E-state index < -0.39 is 5.91 Å². The number of carbonyl (C=O) groups is 1. The van der Waals surface area contributed by atoms with Crippen molar-refractivity contribution in [3.63, 3.8) is 0 Å². The molecule has 1 amide bonds. The Kier molecular flexibility index (Phi) is 7.00. The number of hydrogen-bond acceptors (Lipinski definition) is 4. The standard InChI is InChI=1S/C28H25NO4/c29-28(31)26-19-25(30)24-11-6-10-22(27(24)33-26)15-12-21-13-16-23(17-14-21)32-18-5-4-9-20-7-2-1-3-8-20/h1-3,6-8,10-17,19H,4-5,9,18H2,(H2,29,31)/b15-12+. The van der Waals surface area contributed by atoms with Crippen molar-refractivity contribution in [2.45, 2.75) is 19.3 Å². The number of aryl methyl sites for hydroxylation is 1. The first-order chi connectivity index (χ1) is 16.1. The zero-order valence-corrected chi connectivity index (χ0v) is 18.2. The molecule has 5 nitrogen and oxygen atoms in total. The number of nitrogens with two attached hydrogens (primary N) is 1. The van der Waals surface area contributed by atoms with Gasteiger partial charge in [-0.15, -0.1) is 0 Å². The van der Waals surface area contributed by atoms with Gasteiger partial charge in [0.25, 0.3) is 5.91 Å². The molecule has 0 fully saturated rings. The van der Waals surface area contributed by atoms with Gasteiger partial charge in [0.2, 0.25) is 0 Å². The lowest BCUT2D eigenvalue weighted by molar-refractivity contribution is 0.0974. The first-order valence-corrected chi connectivity index (χ1v) is 10.9. The first-order valence-electron chi connectivity index (χ1n) is 10.9. The summed E-state index contributed by atoms with van der Waals surface area (Å²) in [5, 5.41) is 0.401. The number of para-hydroxylation sites is 1. The maximum atomic E-state index is 12.3. The Balaban J connectivity index is 1.37. The lowest BCUT2D eigenvalue weighted by Gasteiger charge is -2.07. The van der Waals surface area contributed by atoms with Crippen molar-refractivity contribution in [1.29, 1.82) is 0 Å². The van der Waals surface area contributed by atoms with E-state index in [-0.39, 0.29) is 11.2 Å². The van der Waals surface area contributed by atoms with Crippen LogP contribution in [0.25, 0.3) is 23.1 Å². The summed E-state index contributed by atoms with van der Waals surface area (Å²) in [6, 6.07) is 24.6. The average molecular weight is 440 g/mol. The quantitative estimate of drug-likeness (QED) is 0.277. The molecule has 33 heavy (non-hydrogen) atoms. The third-order valence-corrected chi connectivity index (χ3v) is 5.33. The van der Waals surface area contributed by atoms with Crippen molar-refractivity contribution in [2.24, 2.45) is 5.73 Å². The largest absolute Gasteiger partial charge is 0.494 e. The minimum atomic E-state index is -0.775. The van der Waals surface area contributed by atoms with Crippen molar-refractivity contribution in [3.05, 3.63) is 112 Å². The van der Waals surface area contributed by atoms with Crippen LogP contribution in [0.4, 0.5) is 0 Å². The Morgan fingerprint density at radius 2 is 1.70 bits per heavy atom. The number of primary amides is 1. The molecule has 4 rings (SSSR count). The highest BCUT2D eigenvalue weighted by Crippen LogP contribution is 2.21. The number of rotatable bonds is 9. The molecule has 166 valence electrons. The Hall–Kier alpha value is -4.12. The topological polar surface area (TPSA) is 82.5 Å². The summed E-state index contributed by atoms with van der Waals surface area (Å²) in [7, 11) is 0. The zero-order chi connectivity index (χ0) is 23.0. The molecular weight excluding hydrogens is 414 g/mol. The molecule has 0 saturated carbocycles. The summed E-state index contributed by atoms with van der Waals surface area (Å²) < 4.78 is 11.4. The molecule has 0 spiro atoms. The molecule has 0 aliphatic heterocycles. The van der Waals surface area contributed by atoms with Gasteiger partial charge in [-0.2, -0.15) is 0 Å². The summed E-state index contributed by atoms with van der Waals surface area (Å²) in [5.41, 5.74) is 8.33. The maximum Gasteiger partial charge on any atom is 0.284 e. The highest BCUT2D eigenvalue weighted by Gasteiger charge is 2.11. The van der Waals surface area contributed by atoms with E-state index in [1.54, 1.807) is 12.1 Å². The molecule has 1 heterocycles. The van der Waals surface area contributed by atoms with E-state index in [0.29, 0.717) is 23.1 Å². The second-order valence-corrected chi connectivity index (χ2v) is 7.76. The number of ether oxygens (including phenoxy) is 1. The van der Waals surface area contributed by atoms with Crippen molar-refractivity contribution < 1.29 is 13.9 Å². The number of amides is 1. The average Bonchev–Trinajstić information content (AvgIpc) is 2.84. The molecule has 4 aromatic rings. The normalized spacial score (nSPS) is 11.2. The minimum Gasteiger partial charge on any atom is -0.494 e. The fourth-order valence-corrected chi connectivity index (χ4v) is 3.58. The van der Waals surface area contributed by atoms with Gasteiger partial charge in [-0.3, -0.25) is 9.59 Å². The van der Waals surface area contributed by atoms with Crippen LogP contribution < -0.4 is 15.9 Å². The van der Waals surface area contributed by atoms with Gasteiger partial charge in [0.1, 0.15) is 11.3 Å². The molecule has 5 heteroatoms. The van der Waals surface area contributed by atoms with Gasteiger partial charge >= 0.3 is 0 Å². The molecule has 2 N–H and O–H groups in total. The van der Waals surface area contributed by atoms with E-state index in [4.69, 9.17) is 14.9 Å². The fourth-order valence-electron chi connectivity index (χ4n) is 3.58. The van der Waals surface area contributed by atoms with Crippen molar-refractivity contribution in [3.8, 4) is 5.75 Å². The highest BCUT2D eigenvalue weighted by molar-refractivity contribution is 5.94. The first kappa shape index (κ1) is 22.1. The monoisotopic (exact) mass is 439 g/mol. The predicted molar refractivity (Wildman–Crippen MR) is 131 cm³/mol. The van der Waals surface area contributed by atoms with Gasteiger partial charge in [-0.05, 0) is 48.6 Å². The van der Waals surface area contributed by atoms with Crippen LogP contribution in [-0.2, 0) is 6.42 Å². The van der Waals surface area contributed by atoms with Gasteiger partial charge in [0, 0.05) is 11.6 Å². The zero-order valence-electron chi connectivity index (χ0n) is 18.2. The Bertz CT molecular complexity index is 1320. The third-order valence-electron chi connectivity index (χ3n) is 5.33. The molecule has 0 aliphatic carbocycles. The number of fused-ring (bicyclic) bond motifs is 1. The van der Waals surface area contributed by atoms with Gasteiger partial charge in [0.05, 0.1) is 12.0 Å². The highest BCUT2D eigenvalue weighted by atomic mass is 16.5. The van der Waals surface area contributed by atoms with Crippen molar-refractivity contribution >= 4 is 29.0 Å². The van der Waals surface area contributed by atoms with Crippen molar-refractivity contribution in [2.75, 3.05) is 6.61 Å². The number of carbonyl (C=O) groups excluding carboxylic acids is 1. The predicted octanol–water partition coefficient (Wildman–Crippen LogP) is 5.46. The minimum absolute atomic E-state index is 0.154. The molecule has 0 radical (unpaired) electrons. The lowest BCUT2D eigenvalue weighted by atomic mass is 10.1. The SMILES string of the molecule is NC(=O)c1cc(=O)c2cccc(/C=C/c3ccc(OCCCCc4ccccc4)cc3)c2o1. The van der Waals surface area contributed by atoms with Crippen LogP contribution in [0.2, 0.25) is 0 Å².